The van der Waals surface area contributed by atoms with E-state index in [0.717, 1.165) is 28.4 Å². The molecule has 1 aliphatic carbocycles. The molecule has 2 aromatic rings. The first-order chi connectivity index (χ1) is 9.35. The lowest BCUT2D eigenvalue weighted by Gasteiger charge is -2.13. The number of nitrogens with zero attached hydrogens (tertiary/aromatic N) is 3. The molecule has 88 valence electrons. The molecular weight excluding hydrogens is 234 g/mol. The van der Waals surface area contributed by atoms with Crippen LogP contribution in [0.3, 0.4) is 0 Å². The third-order valence-corrected chi connectivity index (χ3v) is 3.57. The zero-order valence-electron chi connectivity index (χ0n) is 10.1. The summed E-state index contributed by atoms with van der Waals surface area (Å²) in [5.41, 5.74) is 5.10. The lowest BCUT2D eigenvalue weighted by Crippen LogP contribution is -2.23. The van der Waals surface area contributed by atoms with Crippen molar-refractivity contribution in [2.24, 2.45) is 4.99 Å². The molecule has 3 heteroatoms. The van der Waals surface area contributed by atoms with E-state index in [4.69, 9.17) is 5.26 Å². The van der Waals surface area contributed by atoms with Crippen molar-refractivity contribution in [2.45, 2.75) is 6.42 Å². The minimum atomic E-state index is 0.651. The maximum Gasteiger partial charge on any atom is 0.0992 e. The average Bonchev–Trinajstić information content (AvgIpc) is 2.81. The molecule has 3 nitrogen and oxygen atoms in total. The zero-order valence-corrected chi connectivity index (χ0v) is 10.1. The van der Waals surface area contributed by atoms with Gasteiger partial charge in [0.15, 0.2) is 0 Å². The summed E-state index contributed by atoms with van der Waals surface area (Å²) in [5, 5.41) is 11.0. The van der Waals surface area contributed by atoms with Crippen LogP contribution < -0.4 is 10.6 Å². The van der Waals surface area contributed by atoms with Gasteiger partial charge >= 0.3 is 0 Å². The van der Waals surface area contributed by atoms with E-state index in [0.29, 0.717) is 5.56 Å². The summed E-state index contributed by atoms with van der Waals surface area (Å²) >= 11 is 0. The second-order valence-electron chi connectivity index (χ2n) is 4.69. The molecular formula is C16H9N3. The van der Waals surface area contributed by atoms with Crippen LogP contribution in [0.4, 0.5) is 0 Å². The highest BCUT2D eigenvalue weighted by Crippen LogP contribution is 2.28. The van der Waals surface area contributed by atoms with Crippen molar-refractivity contribution in [1.29, 1.82) is 5.26 Å². The van der Waals surface area contributed by atoms with E-state index in [-0.39, 0.29) is 0 Å². The van der Waals surface area contributed by atoms with Crippen molar-refractivity contribution < 1.29 is 0 Å². The number of fused-ring (bicyclic) bond motifs is 3. The molecule has 1 aliphatic heterocycles. The molecule has 0 spiro atoms. The Labute approximate surface area is 109 Å². The van der Waals surface area contributed by atoms with Gasteiger partial charge in [0.25, 0.3) is 0 Å². The fraction of sp³-hybridized carbons (Fsp3) is 0.0625. The van der Waals surface area contributed by atoms with Gasteiger partial charge in [-0.25, -0.2) is 4.99 Å². The molecule has 19 heavy (non-hydrogen) atoms. The minimum absolute atomic E-state index is 0.651. The van der Waals surface area contributed by atoms with Gasteiger partial charge in [-0.3, -0.25) is 4.98 Å². The fourth-order valence-electron chi connectivity index (χ4n) is 2.64. The molecule has 2 heterocycles. The van der Waals surface area contributed by atoms with Crippen LogP contribution in [-0.4, -0.2) is 4.98 Å². The number of allylic oxidation sites excluding steroid dienone is 1. The van der Waals surface area contributed by atoms with Gasteiger partial charge in [-0.05, 0) is 35.4 Å². The van der Waals surface area contributed by atoms with Crippen molar-refractivity contribution in [3.63, 3.8) is 0 Å². The standard InChI is InChI=1S/C16H9N3/c17-9-10-3-4-12-13-7-11-2-1-5-18-14(11)8-16(13)19-15(12)6-10/h1-6,8H,7H2. The van der Waals surface area contributed by atoms with Crippen molar-refractivity contribution in [3.05, 3.63) is 69.6 Å². The average molecular weight is 243 g/mol. The van der Waals surface area contributed by atoms with Crippen LogP contribution in [0.25, 0.3) is 11.6 Å². The molecule has 0 unspecified atom stereocenters. The number of hydrogen-bond donors (Lipinski definition) is 0. The molecule has 1 aromatic heterocycles. The molecule has 0 fully saturated rings. The fourth-order valence-corrected chi connectivity index (χ4v) is 2.64. The van der Waals surface area contributed by atoms with Crippen LogP contribution in [0.1, 0.15) is 16.8 Å². The van der Waals surface area contributed by atoms with E-state index in [9.17, 15) is 0 Å². The Balaban J connectivity index is 2.02. The van der Waals surface area contributed by atoms with Gasteiger partial charge in [0.05, 0.1) is 28.4 Å². The number of benzene rings is 1. The van der Waals surface area contributed by atoms with E-state index in [1.54, 1.807) is 6.20 Å². The summed E-state index contributed by atoms with van der Waals surface area (Å²) in [7, 11) is 0. The Kier molecular flexibility index (Phi) is 1.95. The van der Waals surface area contributed by atoms with Crippen LogP contribution in [-0.2, 0) is 6.42 Å². The first-order valence-electron chi connectivity index (χ1n) is 6.13. The largest absolute Gasteiger partial charge is 0.257 e. The van der Waals surface area contributed by atoms with Gasteiger partial charge in [0.2, 0.25) is 0 Å². The Hall–Kier alpha value is -2.73. The Bertz CT molecular complexity index is 898. The zero-order chi connectivity index (χ0) is 12.8. The van der Waals surface area contributed by atoms with Gasteiger partial charge in [0, 0.05) is 17.8 Å². The smallest absolute Gasteiger partial charge is 0.0992 e. The lowest BCUT2D eigenvalue weighted by atomic mass is 9.94. The summed E-state index contributed by atoms with van der Waals surface area (Å²) < 4.78 is 0. The third kappa shape index (κ3) is 1.44. The van der Waals surface area contributed by atoms with Crippen molar-refractivity contribution in [3.8, 4) is 6.07 Å². The van der Waals surface area contributed by atoms with Crippen LogP contribution in [0.2, 0.25) is 0 Å². The van der Waals surface area contributed by atoms with Gasteiger partial charge in [0.1, 0.15) is 0 Å². The van der Waals surface area contributed by atoms with E-state index in [2.05, 4.69) is 22.1 Å². The summed E-state index contributed by atoms with van der Waals surface area (Å²) in [6.45, 7) is 0. The lowest BCUT2D eigenvalue weighted by molar-refractivity contribution is 1.14. The Morgan fingerprint density at radius 1 is 1.21 bits per heavy atom. The second kappa shape index (κ2) is 3.63. The summed E-state index contributed by atoms with van der Waals surface area (Å²) in [6.07, 6.45) is 4.69. The SMILES string of the molecule is N#Cc1ccc2c(c1)=NC1=Cc3ncccc3CC=21. The Morgan fingerprint density at radius 2 is 2.16 bits per heavy atom. The van der Waals surface area contributed by atoms with Crippen molar-refractivity contribution in [2.75, 3.05) is 0 Å². The molecule has 0 saturated heterocycles. The molecule has 1 aromatic carbocycles. The Morgan fingerprint density at radius 3 is 3.05 bits per heavy atom. The van der Waals surface area contributed by atoms with Gasteiger partial charge in [-0.1, -0.05) is 12.1 Å². The van der Waals surface area contributed by atoms with Gasteiger partial charge < -0.3 is 0 Å². The van der Waals surface area contributed by atoms with Crippen molar-refractivity contribution >= 4 is 11.6 Å². The van der Waals surface area contributed by atoms with E-state index in [1.165, 1.54) is 11.1 Å². The number of rotatable bonds is 0. The normalized spacial score (nSPS) is 14.7. The maximum absolute atomic E-state index is 8.95. The van der Waals surface area contributed by atoms with E-state index < -0.39 is 0 Å². The summed E-state index contributed by atoms with van der Waals surface area (Å²) in [5.74, 6) is 0. The highest BCUT2D eigenvalue weighted by molar-refractivity contribution is 5.80. The first-order valence-corrected chi connectivity index (χ1v) is 6.13. The third-order valence-electron chi connectivity index (χ3n) is 3.57. The van der Waals surface area contributed by atoms with Crippen LogP contribution in [0.15, 0.2) is 47.2 Å². The van der Waals surface area contributed by atoms with Crippen LogP contribution in [0, 0.1) is 11.3 Å². The predicted octanol–water partition coefficient (Wildman–Crippen LogP) is 1.33. The maximum atomic E-state index is 8.95. The number of hydrogen-bond acceptors (Lipinski definition) is 3. The molecule has 0 atom stereocenters. The van der Waals surface area contributed by atoms with Crippen LogP contribution in [0.5, 0.6) is 0 Å². The predicted molar refractivity (Wildman–Crippen MR) is 71.3 cm³/mol. The quantitative estimate of drug-likeness (QED) is 0.701. The highest BCUT2D eigenvalue weighted by Gasteiger charge is 2.20. The van der Waals surface area contributed by atoms with E-state index in [1.807, 2.05) is 30.3 Å². The summed E-state index contributed by atoms with van der Waals surface area (Å²) in [4.78, 5) is 8.99. The topological polar surface area (TPSA) is 49.0 Å². The van der Waals surface area contributed by atoms with Gasteiger partial charge in [-0.2, -0.15) is 5.26 Å². The molecule has 0 N–H and O–H groups in total. The minimum Gasteiger partial charge on any atom is -0.257 e. The van der Waals surface area contributed by atoms with E-state index >= 15 is 0 Å². The number of pyridine rings is 1. The van der Waals surface area contributed by atoms with Crippen LogP contribution >= 0.6 is 0 Å². The number of nitriles is 1. The molecule has 0 amide bonds. The molecule has 4 rings (SSSR count). The second-order valence-corrected chi connectivity index (χ2v) is 4.69. The monoisotopic (exact) mass is 243 g/mol. The first kappa shape index (κ1) is 10.2. The summed E-state index contributed by atoms with van der Waals surface area (Å²) in [6, 6.07) is 11.9. The molecule has 0 bridgehead atoms. The number of aromatic nitrogens is 1. The molecule has 2 aliphatic rings. The van der Waals surface area contributed by atoms with Crippen molar-refractivity contribution in [1.82, 2.24) is 4.98 Å². The van der Waals surface area contributed by atoms with Gasteiger partial charge in [-0.15, -0.1) is 0 Å². The molecule has 0 radical (unpaired) electrons. The highest BCUT2D eigenvalue weighted by atomic mass is 14.8. The molecule has 0 saturated carbocycles.